The van der Waals surface area contributed by atoms with Crippen LogP contribution in [0, 0.1) is 0 Å². The molecule has 0 radical (unpaired) electrons. The predicted octanol–water partition coefficient (Wildman–Crippen LogP) is 16.9. The second-order valence-electron chi connectivity index (χ2n) is 15.9. The fraction of sp³-hybridized carbons (Fsp3) is 0. The molecule has 2 nitrogen and oxygen atoms in total. The van der Waals surface area contributed by atoms with E-state index < -0.39 is 24.2 Å². The molecule has 0 aliphatic heterocycles. The first kappa shape index (κ1) is 24.8. The van der Waals surface area contributed by atoms with Gasteiger partial charge in [0.25, 0.3) is 0 Å². The molecule has 2 heteroatoms. The first-order valence-electron chi connectivity index (χ1n) is 27.9. The second kappa shape index (κ2) is 14.6. The maximum absolute atomic E-state index is 9.58. The molecule has 0 saturated carbocycles. The van der Waals surface area contributed by atoms with Crippen molar-refractivity contribution in [3.05, 3.63) is 242 Å². The van der Waals surface area contributed by atoms with Gasteiger partial charge in [-0.2, -0.15) is 0 Å². The Morgan fingerprint density at radius 1 is 0.266 bits per heavy atom. The molecule has 0 amide bonds. The van der Waals surface area contributed by atoms with Crippen LogP contribution in [0.2, 0.25) is 0 Å². The quantitative estimate of drug-likeness (QED) is 0.158. The molecule has 0 aliphatic carbocycles. The van der Waals surface area contributed by atoms with Crippen molar-refractivity contribution >= 4 is 65.2 Å². The van der Waals surface area contributed by atoms with E-state index in [2.05, 4.69) is 36.4 Å². The van der Waals surface area contributed by atoms with E-state index >= 15 is 0 Å². The lowest BCUT2D eigenvalue weighted by atomic mass is 9.95. The predicted molar refractivity (Wildman–Crippen MR) is 272 cm³/mol. The van der Waals surface area contributed by atoms with Gasteiger partial charge in [0, 0.05) is 32.9 Å². The molecule has 13 aromatic rings. The third kappa shape index (κ3) is 5.95. The van der Waals surface area contributed by atoms with Gasteiger partial charge >= 0.3 is 0 Å². The van der Waals surface area contributed by atoms with E-state index in [0.29, 0.717) is 22.5 Å². The van der Waals surface area contributed by atoms with Crippen LogP contribution in [0.1, 0.15) is 19.2 Å². The highest BCUT2D eigenvalue weighted by Crippen LogP contribution is 2.38. The van der Waals surface area contributed by atoms with Gasteiger partial charge in [0.05, 0.1) is 41.3 Å². The van der Waals surface area contributed by atoms with Crippen molar-refractivity contribution in [1.82, 2.24) is 9.13 Å². The standard InChI is InChI=1S/C62H40N2/c1-3-11-53(12-4-1)63-59-17-9-7-15-55(59)57-39-51(31-33-61(57)63)49-29-27-45-35-43(23-25-47(45)37-49)41-19-21-42(22-20-41)44-24-26-48-38-50(30-28-46(48)36-44)52-32-34-62-58(40-52)56-16-8-10-18-60(56)64(62)54-13-5-2-6-14-54/h1-40H/i7D,8D,9D,10D,15D,16D,17D,18D,31D,32D,33D,34D,39D,40D. The van der Waals surface area contributed by atoms with Gasteiger partial charge in [0.2, 0.25) is 0 Å². The van der Waals surface area contributed by atoms with Crippen molar-refractivity contribution < 1.29 is 19.2 Å². The SMILES string of the molecule is [2H]c1c([2H])c([2H])c2c(c1[2H])c1c([2H])c(-c3ccc4cc(-c5ccc(-c6ccc7cc(-c8c([2H])c([2H])c9c(c8[2H])c8c([2H])c([2H])c([2H])c([2H])c8n9-c8ccccc8)ccc7c6)cc5)ccc4c3)c([2H])c([2H])c1n2-c1ccccc1. The van der Waals surface area contributed by atoms with Crippen molar-refractivity contribution in [2.75, 3.05) is 0 Å². The molecule has 0 aliphatic rings. The highest BCUT2D eigenvalue weighted by Gasteiger charge is 2.15. The molecular weight excluding hydrogens is 773 g/mol. The molecule has 0 saturated heterocycles. The molecule has 2 aromatic heterocycles. The summed E-state index contributed by atoms with van der Waals surface area (Å²) >= 11 is 0. The Bertz CT molecular complexity index is 4460. The van der Waals surface area contributed by atoms with Gasteiger partial charge < -0.3 is 9.13 Å². The van der Waals surface area contributed by atoms with Crippen molar-refractivity contribution in [2.45, 2.75) is 0 Å². The Balaban J connectivity index is 0.827. The summed E-state index contributed by atoms with van der Waals surface area (Å²) in [5, 5.41) is 4.14. The lowest BCUT2D eigenvalue weighted by Crippen LogP contribution is -1.92. The van der Waals surface area contributed by atoms with Crippen LogP contribution in [-0.2, 0) is 0 Å². The number of benzene rings is 11. The number of aromatic nitrogens is 2. The lowest BCUT2D eigenvalue weighted by molar-refractivity contribution is 1.18. The maximum atomic E-state index is 9.58. The molecule has 0 unspecified atom stereocenters. The molecule has 298 valence electrons. The molecule has 13 rings (SSSR count). The summed E-state index contributed by atoms with van der Waals surface area (Å²) in [6.45, 7) is 0. The number of fused-ring (bicyclic) bond motifs is 8. The Morgan fingerprint density at radius 2 is 0.594 bits per heavy atom. The molecule has 0 atom stereocenters. The average molecular weight is 827 g/mol. The highest BCUT2D eigenvalue weighted by atomic mass is 15.0. The van der Waals surface area contributed by atoms with Crippen molar-refractivity contribution in [1.29, 1.82) is 0 Å². The summed E-state index contributed by atoms with van der Waals surface area (Å²) in [6.07, 6.45) is 0. The van der Waals surface area contributed by atoms with Gasteiger partial charge in [-0.1, -0.05) is 158 Å². The van der Waals surface area contributed by atoms with E-state index in [-0.39, 0.29) is 115 Å². The number of rotatable bonds is 6. The number of nitrogens with zero attached hydrogens (tertiary/aromatic N) is 2. The Labute approximate surface area is 390 Å². The third-order valence-corrected chi connectivity index (χ3v) is 12.2. The highest BCUT2D eigenvalue weighted by molar-refractivity contribution is 6.12. The zero-order chi connectivity index (χ0) is 54.3. The van der Waals surface area contributed by atoms with Crippen LogP contribution in [0.5, 0.6) is 0 Å². The van der Waals surface area contributed by atoms with Crippen LogP contribution in [-0.4, -0.2) is 9.13 Å². The first-order valence-corrected chi connectivity index (χ1v) is 20.9. The minimum absolute atomic E-state index is 0.0981. The Hall–Kier alpha value is -8.46. The van der Waals surface area contributed by atoms with Crippen LogP contribution in [0.3, 0.4) is 0 Å². The minimum Gasteiger partial charge on any atom is -0.309 e. The molecule has 0 bridgehead atoms. The van der Waals surface area contributed by atoms with Crippen molar-refractivity contribution in [3.63, 3.8) is 0 Å². The molecular formula is C62H40N2. The van der Waals surface area contributed by atoms with Crippen molar-refractivity contribution in [2.24, 2.45) is 0 Å². The van der Waals surface area contributed by atoms with Crippen LogP contribution in [0.15, 0.2) is 242 Å². The van der Waals surface area contributed by atoms with E-state index in [4.69, 9.17) is 11.0 Å². The number of para-hydroxylation sites is 4. The number of hydrogen-bond acceptors (Lipinski definition) is 0. The van der Waals surface area contributed by atoms with Gasteiger partial charge in [-0.15, -0.1) is 0 Å². The fourth-order valence-corrected chi connectivity index (χ4v) is 9.01. The molecule has 2 heterocycles. The summed E-state index contributed by atoms with van der Waals surface area (Å²) < 4.78 is 129. The van der Waals surface area contributed by atoms with E-state index in [1.54, 1.807) is 57.7 Å². The number of hydrogen-bond donors (Lipinski definition) is 0. The summed E-state index contributed by atoms with van der Waals surface area (Å²) in [5.41, 5.74) is 7.08. The fourth-order valence-electron chi connectivity index (χ4n) is 9.01. The third-order valence-electron chi connectivity index (χ3n) is 12.2. The van der Waals surface area contributed by atoms with Crippen LogP contribution >= 0.6 is 0 Å². The largest absolute Gasteiger partial charge is 0.309 e. The van der Waals surface area contributed by atoms with E-state index in [1.165, 1.54) is 0 Å². The monoisotopic (exact) mass is 826 g/mol. The van der Waals surface area contributed by atoms with Gasteiger partial charge in [-0.25, -0.2) is 0 Å². The van der Waals surface area contributed by atoms with E-state index in [9.17, 15) is 8.22 Å². The van der Waals surface area contributed by atoms with Crippen molar-refractivity contribution in [3.8, 4) is 55.9 Å². The van der Waals surface area contributed by atoms with Crippen LogP contribution in [0.25, 0.3) is 121 Å². The summed E-state index contributed by atoms with van der Waals surface area (Å²) in [4.78, 5) is 0. The molecule has 11 aromatic carbocycles. The maximum Gasteiger partial charge on any atom is 0.0645 e. The van der Waals surface area contributed by atoms with Gasteiger partial charge in [0.1, 0.15) is 0 Å². The summed E-state index contributed by atoms with van der Waals surface area (Å²) in [5.74, 6) is 0. The topological polar surface area (TPSA) is 9.86 Å². The molecule has 0 N–H and O–H groups in total. The van der Waals surface area contributed by atoms with Crippen LogP contribution in [0.4, 0.5) is 0 Å². The van der Waals surface area contributed by atoms with E-state index in [1.807, 2.05) is 72.8 Å². The molecule has 0 spiro atoms. The van der Waals surface area contributed by atoms with Gasteiger partial charge in [0.15, 0.2) is 0 Å². The van der Waals surface area contributed by atoms with Gasteiger partial charge in [-0.05, 0) is 151 Å². The lowest BCUT2D eigenvalue weighted by Gasteiger charge is -2.10. The zero-order valence-electron chi connectivity index (χ0n) is 47.9. The van der Waals surface area contributed by atoms with Gasteiger partial charge in [-0.3, -0.25) is 0 Å². The Morgan fingerprint density at radius 3 is 0.984 bits per heavy atom. The van der Waals surface area contributed by atoms with E-state index in [0.717, 1.165) is 43.8 Å². The summed E-state index contributed by atoms with van der Waals surface area (Å²) in [7, 11) is 0. The first-order chi connectivity index (χ1) is 37.5. The normalized spacial score (nSPS) is 14.8. The second-order valence-corrected chi connectivity index (χ2v) is 15.9. The summed E-state index contributed by atoms with van der Waals surface area (Å²) in [6, 6.07) is 45.6. The van der Waals surface area contributed by atoms with Crippen LogP contribution < -0.4 is 0 Å². The Kier molecular flexibility index (Phi) is 5.66. The average Bonchev–Trinajstić information content (AvgIpc) is 3.67. The molecule has 0 fully saturated rings. The minimum atomic E-state index is -0.439. The molecule has 64 heavy (non-hydrogen) atoms. The smallest absolute Gasteiger partial charge is 0.0645 e. The zero-order valence-corrected chi connectivity index (χ0v) is 33.9.